The Morgan fingerprint density at radius 3 is 2.44 bits per heavy atom. The van der Waals surface area contributed by atoms with E-state index in [0.717, 1.165) is 12.8 Å². The summed E-state index contributed by atoms with van der Waals surface area (Å²) in [6.45, 7) is 8.00. The summed E-state index contributed by atoms with van der Waals surface area (Å²) in [5.74, 6) is 1.03. The maximum absolute atomic E-state index is 10.1. The average Bonchev–Trinajstić information content (AvgIpc) is 2.90. The summed E-state index contributed by atoms with van der Waals surface area (Å²) in [6.07, 6.45) is 12.1. The summed E-state index contributed by atoms with van der Waals surface area (Å²) in [4.78, 5) is 0. The van der Waals surface area contributed by atoms with E-state index in [9.17, 15) is 5.11 Å². The highest BCUT2D eigenvalue weighted by Gasteiger charge is 2.53. The van der Waals surface area contributed by atoms with E-state index in [0.29, 0.717) is 11.8 Å². The van der Waals surface area contributed by atoms with Crippen molar-refractivity contribution in [3.63, 3.8) is 0 Å². The molecular weight excluding hydrogens is 196 g/mol. The van der Waals surface area contributed by atoms with Crippen LogP contribution in [0.5, 0.6) is 0 Å². The summed E-state index contributed by atoms with van der Waals surface area (Å²) in [5, 5.41) is 10.1. The molecule has 2 atom stereocenters. The second-order valence-electron chi connectivity index (χ2n) is 5.68. The molecule has 16 heavy (non-hydrogen) atoms. The van der Waals surface area contributed by atoms with Crippen molar-refractivity contribution in [1.29, 1.82) is 0 Å². The predicted molar refractivity (Wildman–Crippen MR) is 70.4 cm³/mol. The average molecular weight is 224 g/mol. The fraction of sp³-hybridized carbons (Fsp3) is 0.867. The van der Waals surface area contributed by atoms with Gasteiger partial charge in [-0.25, -0.2) is 0 Å². The Morgan fingerprint density at radius 2 is 1.88 bits per heavy atom. The number of hydrogen-bond acceptors (Lipinski definition) is 1. The third-order valence-corrected chi connectivity index (χ3v) is 4.08. The molecule has 0 radical (unpaired) electrons. The number of hydrogen-bond donors (Lipinski definition) is 1. The lowest BCUT2D eigenvalue weighted by Crippen LogP contribution is -2.19. The molecule has 0 aromatic heterocycles. The van der Waals surface area contributed by atoms with Gasteiger partial charge in [0.25, 0.3) is 0 Å². The van der Waals surface area contributed by atoms with E-state index >= 15 is 0 Å². The van der Waals surface area contributed by atoms with E-state index in [1.807, 2.05) is 6.08 Å². The van der Waals surface area contributed by atoms with Gasteiger partial charge in [-0.1, -0.05) is 45.6 Å². The van der Waals surface area contributed by atoms with Gasteiger partial charge in [0, 0.05) is 0 Å². The first-order valence-corrected chi connectivity index (χ1v) is 6.94. The molecule has 1 fully saturated rings. The van der Waals surface area contributed by atoms with Gasteiger partial charge in [0.1, 0.15) is 0 Å². The molecular formula is C15H28O. The van der Waals surface area contributed by atoms with Crippen molar-refractivity contribution in [1.82, 2.24) is 0 Å². The molecule has 0 amide bonds. The van der Waals surface area contributed by atoms with Gasteiger partial charge < -0.3 is 5.11 Å². The van der Waals surface area contributed by atoms with Gasteiger partial charge >= 0.3 is 0 Å². The quantitative estimate of drug-likeness (QED) is 0.457. The lowest BCUT2D eigenvalue weighted by Gasteiger charge is -2.14. The summed E-state index contributed by atoms with van der Waals surface area (Å²) >= 11 is 0. The molecule has 1 rings (SSSR count). The summed E-state index contributed by atoms with van der Waals surface area (Å²) in [6, 6.07) is 0. The smallest absolute Gasteiger partial charge is 0.0703 e. The Kier molecular flexibility index (Phi) is 5.54. The largest absolute Gasteiger partial charge is 0.389 e. The molecule has 1 heteroatoms. The number of unbranched alkanes of at least 4 members (excludes halogenated alkanes) is 5. The van der Waals surface area contributed by atoms with E-state index < -0.39 is 0 Å². The lowest BCUT2D eigenvalue weighted by atomic mass is 9.99. The third kappa shape index (κ3) is 3.93. The molecule has 1 N–H and O–H groups in total. The minimum Gasteiger partial charge on any atom is -0.389 e. The molecule has 0 aliphatic heterocycles. The summed E-state index contributed by atoms with van der Waals surface area (Å²) < 4.78 is 0. The maximum Gasteiger partial charge on any atom is 0.0703 e. The van der Waals surface area contributed by atoms with Crippen LogP contribution in [0.25, 0.3) is 0 Å². The van der Waals surface area contributed by atoms with Crippen LogP contribution in [0.4, 0.5) is 0 Å². The van der Waals surface area contributed by atoms with E-state index in [1.165, 1.54) is 38.5 Å². The topological polar surface area (TPSA) is 20.2 Å². The highest BCUT2D eigenvalue weighted by molar-refractivity contribution is 5.04. The fourth-order valence-electron chi connectivity index (χ4n) is 2.60. The second kappa shape index (κ2) is 6.44. The van der Waals surface area contributed by atoms with Gasteiger partial charge in [0.05, 0.1) is 5.60 Å². The van der Waals surface area contributed by atoms with Crippen LogP contribution in [0.2, 0.25) is 0 Å². The molecule has 0 unspecified atom stereocenters. The van der Waals surface area contributed by atoms with Crippen LogP contribution in [0, 0.1) is 11.8 Å². The normalized spacial score (nSPS) is 28.4. The van der Waals surface area contributed by atoms with Crippen LogP contribution < -0.4 is 0 Å². The Bertz CT molecular complexity index is 209. The summed E-state index contributed by atoms with van der Waals surface area (Å²) in [5.41, 5.74) is -0.303. The van der Waals surface area contributed by atoms with Crippen molar-refractivity contribution in [3.05, 3.63) is 12.7 Å². The maximum atomic E-state index is 10.1. The van der Waals surface area contributed by atoms with Crippen LogP contribution in [0.3, 0.4) is 0 Å². The molecule has 1 nitrogen and oxygen atoms in total. The monoisotopic (exact) mass is 224 g/mol. The van der Waals surface area contributed by atoms with E-state index in [1.54, 1.807) is 0 Å². The van der Waals surface area contributed by atoms with Gasteiger partial charge in [0.15, 0.2) is 0 Å². The third-order valence-electron chi connectivity index (χ3n) is 4.08. The molecule has 1 aliphatic rings. The molecule has 0 bridgehead atoms. The van der Waals surface area contributed by atoms with Crippen molar-refractivity contribution in [2.24, 2.45) is 11.8 Å². The van der Waals surface area contributed by atoms with Gasteiger partial charge in [-0.2, -0.15) is 0 Å². The van der Waals surface area contributed by atoms with Crippen LogP contribution in [0.1, 0.15) is 65.2 Å². The van der Waals surface area contributed by atoms with Gasteiger partial charge in [-0.3, -0.25) is 0 Å². The highest BCUT2D eigenvalue weighted by Crippen LogP contribution is 2.51. The van der Waals surface area contributed by atoms with Crippen molar-refractivity contribution in [2.45, 2.75) is 70.8 Å². The van der Waals surface area contributed by atoms with Crippen LogP contribution in [0.15, 0.2) is 12.7 Å². The summed E-state index contributed by atoms with van der Waals surface area (Å²) in [7, 11) is 0. The molecule has 1 saturated carbocycles. The highest BCUT2D eigenvalue weighted by atomic mass is 16.3. The second-order valence-corrected chi connectivity index (χ2v) is 5.68. The van der Waals surface area contributed by atoms with Crippen LogP contribution in [-0.2, 0) is 0 Å². The zero-order chi connectivity index (χ0) is 12.0. The van der Waals surface area contributed by atoms with Crippen molar-refractivity contribution in [3.8, 4) is 0 Å². The molecule has 0 spiro atoms. The van der Waals surface area contributed by atoms with Gasteiger partial charge in [-0.15, -0.1) is 6.58 Å². The minimum atomic E-state index is -0.303. The predicted octanol–water partition coefficient (Wildman–Crippen LogP) is 4.31. The van der Waals surface area contributed by atoms with Crippen molar-refractivity contribution < 1.29 is 5.11 Å². The molecule has 1 aliphatic carbocycles. The Balaban J connectivity index is 1.92. The van der Waals surface area contributed by atoms with Crippen molar-refractivity contribution in [2.75, 3.05) is 0 Å². The fourth-order valence-corrected chi connectivity index (χ4v) is 2.60. The van der Waals surface area contributed by atoms with E-state index in [2.05, 4.69) is 20.4 Å². The van der Waals surface area contributed by atoms with E-state index in [4.69, 9.17) is 0 Å². The van der Waals surface area contributed by atoms with Crippen LogP contribution >= 0.6 is 0 Å². The van der Waals surface area contributed by atoms with Gasteiger partial charge in [-0.05, 0) is 37.5 Å². The number of aliphatic hydroxyl groups is 1. The molecule has 0 aromatic carbocycles. The minimum absolute atomic E-state index is 0.303. The van der Waals surface area contributed by atoms with Crippen molar-refractivity contribution >= 4 is 0 Å². The van der Waals surface area contributed by atoms with E-state index in [-0.39, 0.29) is 5.60 Å². The first kappa shape index (κ1) is 13.8. The molecule has 0 aromatic rings. The zero-order valence-electron chi connectivity index (χ0n) is 11.0. The van der Waals surface area contributed by atoms with Crippen LogP contribution in [-0.4, -0.2) is 10.7 Å². The Hall–Kier alpha value is -0.300. The molecule has 0 saturated heterocycles. The molecule has 94 valence electrons. The first-order valence-electron chi connectivity index (χ1n) is 6.94. The molecule has 0 heterocycles. The number of allylic oxidation sites excluding steroid dienone is 1. The zero-order valence-corrected chi connectivity index (χ0v) is 11.0. The van der Waals surface area contributed by atoms with Gasteiger partial charge in [0.2, 0.25) is 0 Å². The number of rotatable bonds is 9. The Morgan fingerprint density at radius 1 is 1.25 bits per heavy atom. The standard InChI is InChI=1S/C15H28O/c1-4-5-6-7-8-9-10-11-14-12-15(14,16)13(2)3/h4,13-14,16H,1,5-12H2,2-3H3/t14-,15-/m0/s1. The lowest BCUT2D eigenvalue weighted by molar-refractivity contribution is 0.0796. The Labute approximate surface area is 101 Å². The first-order chi connectivity index (χ1) is 7.61. The SMILES string of the molecule is C=CCCCCCCC[C@H]1C[C@]1(O)C(C)C.